The summed E-state index contributed by atoms with van der Waals surface area (Å²) < 4.78 is 28.7. The van der Waals surface area contributed by atoms with E-state index in [0.29, 0.717) is 11.5 Å². The maximum absolute atomic E-state index is 11.2. The van der Waals surface area contributed by atoms with Crippen LogP contribution in [0, 0.1) is 0 Å². The highest BCUT2D eigenvalue weighted by molar-refractivity contribution is 9.10. The standard InChI is InChI=1S/C13H16BrClO3S/c1-18-13-11(10-4-2-3-5-10)6-9(7-12(13)14)8-19(15,16)17/h6-7,10H,2-5,8H2,1H3. The van der Waals surface area contributed by atoms with Crippen molar-refractivity contribution in [2.75, 3.05) is 7.11 Å². The van der Waals surface area contributed by atoms with E-state index in [1.807, 2.05) is 6.07 Å². The number of benzene rings is 1. The average molecular weight is 368 g/mol. The van der Waals surface area contributed by atoms with Crippen LogP contribution >= 0.6 is 26.6 Å². The molecule has 0 aromatic heterocycles. The van der Waals surface area contributed by atoms with Crippen LogP contribution < -0.4 is 4.74 Å². The number of methoxy groups -OCH3 is 1. The Kier molecular flexibility index (Phi) is 4.79. The zero-order chi connectivity index (χ0) is 14.0. The molecule has 0 amide bonds. The van der Waals surface area contributed by atoms with Gasteiger partial charge in [0.05, 0.1) is 17.3 Å². The monoisotopic (exact) mass is 366 g/mol. The van der Waals surface area contributed by atoms with Crippen molar-refractivity contribution in [3.05, 3.63) is 27.7 Å². The molecular weight excluding hydrogens is 352 g/mol. The van der Waals surface area contributed by atoms with Crippen molar-refractivity contribution in [3.8, 4) is 5.75 Å². The van der Waals surface area contributed by atoms with Gasteiger partial charge in [0.25, 0.3) is 0 Å². The van der Waals surface area contributed by atoms with Crippen LogP contribution in [0.5, 0.6) is 5.75 Å². The second-order valence-electron chi connectivity index (χ2n) is 4.86. The van der Waals surface area contributed by atoms with Crippen molar-refractivity contribution < 1.29 is 13.2 Å². The summed E-state index contributed by atoms with van der Waals surface area (Å²) in [6.07, 6.45) is 4.67. The van der Waals surface area contributed by atoms with Crippen molar-refractivity contribution >= 4 is 35.7 Å². The Balaban J connectivity index is 2.43. The molecule has 19 heavy (non-hydrogen) atoms. The largest absolute Gasteiger partial charge is 0.495 e. The van der Waals surface area contributed by atoms with Crippen molar-refractivity contribution in [3.63, 3.8) is 0 Å². The molecule has 1 aromatic carbocycles. The van der Waals surface area contributed by atoms with Gasteiger partial charge < -0.3 is 4.74 Å². The third-order valence-corrected chi connectivity index (χ3v) is 5.06. The molecule has 6 heteroatoms. The van der Waals surface area contributed by atoms with Gasteiger partial charge in [0, 0.05) is 10.7 Å². The van der Waals surface area contributed by atoms with Crippen molar-refractivity contribution in [2.45, 2.75) is 37.4 Å². The van der Waals surface area contributed by atoms with Crippen LogP contribution in [0.4, 0.5) is 0 Å². The summed E-state index contributed by atoms with van der Waals surface area (Å²) in [6.45, 7) is 0. The molecule has 0 bridgehead atoms. The van der Waals surface area contributed by atoms with Crippen molar-refractivity contribution in [2.24, 2.45) is 0 Å². The fourth-order valence-corrected chi connectivity index (χ4v) is 4.34. The molecular formula is C13H16BrClO3S. The zero-order valence-corrected chi connectivity index (χ0v) is 13.8. The van der Waals surface area contributed by atoms with Gasteiger partial charge in [0.1, 0.15) is 5.75 Å². The van der Waals surface area contributed by atoms with E-state index in [0.717, 1.165) is 28.6 Å². The maximum Gasteiger partial charge on any atom is 0.236 e. The van der Waals surface area contributed by atoms with Crippen LogP contribution in [0.15, 0.2) is 16.6 Å². The average Bonchev–Trinajstić information content (AvgIpc) is 2.79. The molecule has 3 nitrogen and oxygen atoms in total. The molecule has 0 N–H and O–H groups in total. The van der Waals surface area contributed by atoms with Crippen molar-refractivity contribution in [1.29, 1.82) is 0 Å². The van der Waals surface area contributed by atoms with Gasteiger partial charge in [-0.1, -0.05) is 18.9 Å². The molecule has 0 heterocycles. The van der Waals surface area contributed by atoms with E-state index in [1.165, 1.54) is 12.8 Å². The quantitative estimate of drug-likeness (QED) is 0.750. The van der Waals surface area contributed by atoms with Gasteiger partial charge in [-0.15, -0.1) is 0 Å². The SMILES string of the molecule is COc1c(Br)cc(CS(=O)(=O)Cl)cc1C1CCCC1. The van der Waals surface area contributed by atoms with Crippen LogP contribution in [0.3, 0.4) is 0 Å². The smallest absolute Gasteiger partial charge is 0.236 e. The maximum atomic E-state index is 11.2. The highest BCUT2D eigenvalue weighted by atomic mass is 79.9. The van der Waals surface area contributed by atoms with Gasteiger partial charge in [0.2, 0.25) is 9.05 Å². The Hall–Kier alpha value is -0.260. The fraction of sp³-hybridized carbons (Fsp3) is 0.538. The third-order valence-electron chi connectivity index (χ3n) is 3.47. The molecule has 106 valence electrons. The second-order valence-corrected chi connectivity index (χ2v) is 8.50. The number of halogens is 2. The van der Waals surface area contributed by atoms with E-state index in [-0.39, 0.29) is 5.75 Å². The normalized spacial score (nSPS) is 16.8. The van der Waals surface area contributed by atoms with E-state index in [2.05, 4.69) is 15.9 Å². The molecule has 0 unspecified atom stereocenters. The minimum absolute atomic E-state index is 0.156. The fourth-order valence-electron chi connectivity index (χ4n) is 2.71. The van der Waals surface area contributed by atoms with Gasteiger partial charge in [-0.2, -0.15) is 0 Å². The minimum atomic E-state index is -3.54. The summed E-state index contributed by atoms with van der Waals surface area (Å²) in [4.78, 5) is 0. The summed E-state index contributed by atoms with van der Waals surface area (Å²) in [5, 5.41) is 0. The van der Waals surface area contributed by atoms with Gasteiger partial charge in [-0.3, -0.25) is 0 Å². The summed E-state index contributed by atoms with van der Waals surface area (Å²) in [7, 11) is 3.42. The van der Waals surface area contributed by atoms with E-state index < -0.39 is 9.05 Å². The number of ether oxygens (including phenoxy) is 1. The molecule has 1 fully saturated rings. The Morgan fingerprint density at radius 2 is 2.00 bits per heavy atom. The highest BCUT2D eigenvalue weighted by Gasteiger charge is 2.23. The Labute approximate surface area is 126 Å². The predicted molar refractivity (Wildman–Crippen MR) is 80.4 cm³/mol. The lowest BCUT2D eigenvalue weighted by Crippen LogP contribution is -2.02. The lowest BCUT2D eigenvalue weighted by Gasteiger charge is -2.17. The topological polar surface area (TPSA) is 43.4 Å². The van der Waals surface area contributed by atoms with E-state index in [9.17, 15) is 8.42 Å². The lowest BCUT2D eigenvalue weighted by atomic mass is 9.95. The molecule has 1 aliphatic rings. The van der Waals surface area contributed by atoms with Gasteiger partial charge in [-0.05, 0) is 51.9 Å². The van der Waals surface area contributed by atoms with Crippen LogP contribution in [-0.4, -0.2) is 15.5 Å². The molecule has 0 atom stereocenters. The number of hydrogen-bond donors (Lipinski definition) is 0. The van der Waals surface area contributed by atoms with E-state index in [1.54, 1.807) is 13.2 Å². The second kappa shape index (κ2) is 6.02. The molecule has 1 aliphatic carbocycles. The highest BCUT2D eigenvalue weighted by Crippen LogP contribution is 2.42. The predicted octanol–water partition coefficient (Wildman–Crippen LogP) is 4.18. The van der Waals surface area contributed by atoms with Crippen LogP contribution in [0.2, 0.25) is 0 Å². The summed E-state index contributed by atoms with van der Waals surface area (Å²) >= 11 is 3.45. The van der Waals surface area contributed by atoms with Gasteiger partial charge in [0.15, 0.2) is 0 Å². The first-order valence-corrected chi connectivity index (χ1v) is 9.46. The van der Waals surface area contributed by atoms with Gasteiger partial charge >= 0.3 is 0 Å². The van der Waals surface area contributed by atoms with Crippen LogP contribution in [0.1, 0.15) is 42.7 Å². The Morgan fingerprint density at radius 1 is 1.37 bits per heavy atom. The first-order chi connectivity index (χ1) is 8.90. The molecule has 1 aromatic rings. The molecule has 0 aliphatic heterocycles. The van der Waals surface area contributed by atoms with E-state index >= 15 is 0 Å². The Morgan fingerprint density at radius 3 is 2.53 bits per heavy atom. The van der Waals surface area contributed by atoms with Crippen LogP contribution in [0.25, 0.3) is 0 Å². The first kappa shape index (κ1) is 15.1. The summed E-state index contributed by atoms with van der Waals surface area (Å²) in [6, 6.07) is 3.68. The minimum Gasteiger partial charge on any atom is -0.495 e. The number of rotatable bonds is 4. The van der Waals surface area contributed by atoms with Crippen LogP contribution in [-0.2, 0) is 14.8 Å². The number of hydrogen-bond acceptors (Lipinski definition) is 3. The first-order valence-electron chi connectivity index (χ1n) is 6.19. The van der Waals surface area contributed by atoms with Gasteiger partial charge in [-0.25, -0.2) is 8.42 Å². The summed E-state index contributed by atoms with van der Waals surface area (Å²) in [5.41, 5.74) is 1.79. The zero-order valence-electron chi connectivity index (χ0n) is 10.7. The lowest BCUT2D eigenvalue weighted by molar-refractivity contribution is 0.402. The molecule has 0 saturated heterocycles. The molecule has 0 radical (unpaired) electrons. The molecule has 1 saturated carbocycles. The third kappa shape index (κ3) is 3.86. The summed E-state index contributed by atoms with van der Waals surface area (Å²) in [5.74, 6) is 1.10. The van der Waals surface area contributed by atoms with Crippen molar-refractivity contribution in [1.82, 2.24) is 0 Å². The van der Waals surface area contributed by atoms with E-state index in [4.69, 9.17) is 15.4 Å². The molecule has 0 spiro atoms. The molecule has 2 rings (SSSR count). The Bertz CT molecular complexity index is 565.